The number of carboxylic acids is 2. The molecule has 2 aliphatic rings. The second-order valence-corrected chi connectivity index (χ2v) is 16.9. The Morgan fingerprint density at radius 1 is 0.714 bits per heavy atom. The number of halogens is 1. The smallest absolute Gasteiger partial charge is 0.519 e. The highest BCUT2D eigenvalue weighted by atomic mass is 35.5. The first-order valence-corrected chi connectivity index (χ1v) is 18.9. The Bertz CT molecular complexity index is 1030. The minimum atomic E-state index is -1.06. The highest BCUT2D eigenvalue weighted by Crippen LogP contribution is 2.32. The predicted octanol–water partition coefficient (Wildman–Crippen LogP) is 2.88. The summed E-state index contributed by atoms with van der Waals surface area (Å²) in [4.78, 5) is 58.0. The summed E-state index contributed by atoms with van der Waals surface area (Å²) >= 11 is 3.20. The van der Waals surface area contributed by atoms with Gasteiger partial charge in [-0.05, 0) is 87.7 Å². The zero-order chi connectivity index (χ0) is 37.6. The number of quaternary nitrogens is 1. The number of ether oxygens (including phenoxy) is 4. The fourth-order valence-electron chi connectivity index (χ4n) is 5.12. The first kappa shape index (κ1) is 49.0. The largest absolute Gasteiger partial charge is 1.00 e. The Morgan fingerprint density at radius 2 is 1.14 bits per heavy atom. The van der Waals surface area contributed by atoms with Crippen LogP contribution in [0, 0.1) is 11.8 Å². The second-order valence-electron chi connectivity index (χ2n) is 14.9. The third kappa shape index (κ3) is 20.4. The molecule has 0 aromatic rings. The summed E-state index contributed by atoms with van der Waals surface area (Å²) in [5.41, 5.74) is -1.92. The van der Waals surface area contributed by atoms with E-state index in [0.29, 0.717) is 12.6 Å². The molecule has 6 atom stereocenters. The average molecular weight is 761 g/mol. The molecule has 0 aromatic carbocycles. The van der Waals surface area contributed by atoms with Gasteiger partial charge in [-0.1, -0.05) is 13.8 Å². The lowest BCUT2D eigenvalue weighted by Crippen LogP contribution is -3.00. The molecule has 2 rings (SSSR count). The van der Waals surface area contributed by atoms with Gasteiger partial charge in [-0.25, -0.2) is 14.4 Å². The quantitative estimate of drug-likeness (QED) is 0.187. The summed E-state index contributed by atoms with van der Waals surface area (Å²) in [5, 5.41) is 20.6. The van der Waals surface area contributed by atoms with Crippen molar-refractivity contribution in [3.8, 4) is 0 Å². The van der Waals surface area contributed by atoms with Gasteiger partial charge in [0.25, 0.3) is 0 Å². The van der Waals surface area contributed by atoms with Gasteiger partial charge in [0.2, 0.25) is 0 Å². The molecule has 2 aliphatic heterocycles. The maximum atomic E-state index is 12.2. The van der Waals surface area contributed by atoms with Gasteiger partial charge in [0.1, 0.15) is 16.8 Å². The number of likely N-dealkylation sites (tertiary alicyclic amines) is 1. The van der Waals surface area contributed by atoms with E-state index in [9.17, 15) is 29.1 Å². The van der Waals surface area contributed by atoms with Gasteiger partial charge in [0, 0.05) is 30.7 Å². The molecule has 16 heteroatoms. The van der Waals surface area contributed by atoms with E-state index in [-0.39, 0.29) is 41.0 Å². The highest BCUT2D eigenvalue weighted by molar-refractivity contribution is 7.99. The maximum absolute atomic E-state index is 12.2. The van der Waals surface area contributed by atoms with Crippen LogP contribution >= 0.6 is 23.5 Å². The number of amides is 1. The van der Waals surface area contributed by atoms with Crippen LogP contribution in [0.2, 0.25) is 0 Å². The average Bonchev–Trinajstić information content (AvgIpc) is 3.60. The van der Waals surface area contributed by atoms with E-state index >= 15 is 0 Å². The maximum Gasteiger partial charge on any atom is 0.519 e. The lowest BCUT2D eigenvalue weighted by molar-refractivity contribution is -0.669. The molecule has 0 aromatic heterocycles. The molecule has 4 N–H and O–H groups in total. The van der Waals surface area contributed by atoms with Crippen LogP contribution in [0.1, 0.15) is 102 Å². The van der Waals surface area contributed by atoms with Gasteiger partial charge in [-0.2, -0.15) is 23.5 Å². The lowest BCUT2D eigenvalue weighted by Gasteiger charge is -2.34. The number of rotatable bonds is 8. The van der Waals surface area contributed by atoms with E-state index in [4.69, 9.17) is 19.3 Å². The highest BCUT2D eigenvalue weighted by Gasteiger charge is 2.40. The van der Waals surface area contributed by atoms with Gasteiger partial charge in [-0.3, -0.25) is 9.59 Å². The Balaban J connectivity index is 0. The third-order valence-corrected chi connectivity index (χ3v) is 9.76. The van der Waals surface area contributed by atoms with Gasteiger partial charge < -0.3 is 51.8 Å². The summed E-state index contributed by atoms with van der Waals surface area (Å²) in [6.07, 6.45) is 5.59. The first-order chi connectivity index (χ1) is 21.8. The number of carbonyl (C=O) groups is 5. The van der Waals surface area contributed by atoms with Gasteiger partial charge in [-0.15, -0.1) is 0 Å². The second kappa shape index (κ2) is 22.0. The van der Waals surface area contributed by atoms with Crippen molar-refractivity contribution >= 4 is 53.9 Å². The topological polar surface area (TPSA) is 183 Å². The monoisotopic (exact) mass is 760 g/mol. The minimum Gasteiger partial charge on any atom is -1.00 e. The number of carbonyl (C=O) groups excluding carboxylic acids is 3. The Kier molecular flexibility index (Phi) is 22.0. The summed E-state index contributed by atoms with van der Waals surface area (Å²) in [7, 11) is 0. The number of hydrogen-bond donors (Lipinski definition) is 3. The van der Waals surface area contributed by atoms with Crippen molar-refractivity contribution in [1.29, 1.82) is 0 Å². The molecule has 288 valence electrons. The molecular weight excluding hydrogens is 700 g/mol. The number of nitrogens with zero attached hydrogens (tertiary/aromatic N) is 1. The van der Waals surface area contributed by atoms with Crippen LogP contribution in [0.3, 0.4) is 0 Å². The SMILES string of the molecule is CC(C)(C)OC(=O)OC(=O)OC(C)(C)C.CS[C@@H]([C@@H]1CCC[NH2+]1)[C@@H](C)C(=O)O.CS[C@H]([C@@H](C)C(=O)O)[C@@H]1CCCN1C(=O)OC(C)(C)C.[Cl-]. The number of carboxylic acid groups (broad SMARTS) is 2. The molecule has 49 heavy (non-hydrogen) atoms. The fraction of sp³-hybridized carbons (Fsp3) is 0.848. The molecule has 0 unspecified atom stereocenters. The molecule has 0 aliphatic carbocycles. The van der Waals surface area contributed by atoms with E-state index in [0.717, 1.165) is 19.4 Å². The molecule has 2 saturated heterocycles. The Hall–Kier alpha value is -2.10. The fourth-order valence-corrected chi connectivity index (χ4v) is 7.36. The van der Waals surface area contributed by atoms with Crippen LogP contribution in [-0.2, 0) is 28.5 Å². The zero-order valence-corrected chi connectivity index (χ0v) is 33.9. The Labute approximate surface area is 307 Å². The standard InChI is InChI=1S/C14H25NO4S.C10H18O5.C9H17NO2S.ClH/c1-9(12(16)17)11(20-5)10-7-6-8-15(10)13(18)19-14(2,3)4;1-9(2,3)14-7(11)13-8(12)15-10(4,5)6;1-6(9(11)12)8(13-2)7-4-3-5-10-7;/h9-11H,6-8H2,1-5H3,(H,16,17);1-6H3;6-8,10H,3-5H2,1-2H3,(H,11,12);1H/t9-,10+,11-;;6-,7+,8-;/m1.1./s1. The molecular formula is C33H61ClN2O11S2. The van der Waals surface area contributed by atoms with Gasteiger partial charge in [0.15, 0.2) is 0 Å². The van der Waals surface area contributed by atoms with Crippen molar-refractivity contribution in [3.05, 3.63) is 0 Å². The van der Waals surface area contributed by atoms with Crippen LogP contribution < -0.4 is 17.7 Å². The molecule has 0 radical (unpaired) electrons. The van der Waals surface area contributed by atoms with Gasteiger partial charge >= 0.3 is 30.3 Å². The molecule has 0 bridgehead atoms. The van der Waals surface area contributed by atoms with E-state index in [1.165, 1.54) is 24.6 Å². The third-order valence-electron chi connectivity index (χ3n) is 7.19. The molecule has 13 nitrogen and oxygen atoms in total. The van der Waals surface area contributed by atoms with Crippen LogP contribution in [0.15, 0.2) is 0 Å². The number of aliphatic carboxylic acids is 2. The number of thioether (sulfide) groups is 2. The van der Waals surface area contributed by atoms with Crippen LogP contribution in [-0.4, -0.2) is 110 Å². The molecule has 1 amide bonds. The van der Waals surface area contributed by atoms with Crippen molar-refractivity contribution in [2.45, 2.75) is 141 Å². The normalized spacial score (nSPS) is 20.0. The molecule has 2 fully saturated rings. The van der Waals surface area contributed by atoms with Crippen LogP contribution in [0.4, 0.5) is 14.4 Å². The van der Waals surface area contributed by atoms with Crippen LogP contribution in [0.5, 0.6) is 0 Å². The lowest BCUT2D eigenvalue weighted by atomic mass is 9.99. The van der Waals surface area contributed by atoms with Crippen LogP contribution in [0.25, 0.3) is 0 Å². The van der Waals surface area contributed by atoms with Gasteiger partial charge in [0.05, 0.1) is 29.7 Å². The number of nitrogens with two attached hydrogens (primary N) is 1. The van der Waals surface area contributed by atoms with Crippen molar-refractivity contribution in [1.82, 2.24) is 4.90 Å². The van der Waals surface area contributed by atoms with E-state index in [1.807, 2.05) is 40.2 Å². The Morgan fingerprint density at radius 3 is 1.49 bits per heavy atom. The van der Waals surface area contributed by atoms with E-state index in [2.05, 4.69) is 10.1 Å². The van der Waals surface area contributed by atoms with E-state index < -0.39 is 47.0 Å². The summed E-state index contributed by atoms with van der Waals surface area (Å²) in [5.74, 6) is -2.20. The summed E-state index contributed by atoms with van der Waals surface area (Å²) in [6, 6.07) is 0.451. The molecule has 0 saturated carbocycles. The summed E-state index contributed by atoms with van der Waals surface area (Å²) < 4.78 is 19.2. The summed E-state index contributed by atoms with van der Waals surface area (Å²) in [6.45, 7) is 20.8. The van der Waals surface area contributed by atoms with Crippen molar-refractivity contribution < 1.29 is 70.9 Å². The first-order valence-electron chi connectivity index (χ1n) is 16.3. The van der Waals surface area contributed by atoms with Crippen molar-refractivity contribution in [2.75, 3.05) is 25.6 Å². The van der Waals surface area contributed by atoms with Crippen molar-refractivity contribution in [2.24, 2.45) is 11.8 Å². The number of hydrogen-bond acceptors (Lipinski definition) is 11. The van der Waals surface area contributed by atoms with E-state index in [1.54, 1.807) is 65.1 Å². The minimum absolute atomic E-state index is 0. The van der Waals surface area contributed by atoms with Crippen molar-refractivity contribution in [3.63, 3.8) is 0 Å². The zero-order valence-electron chi connectivity index (χ0n) is 31.5. The predicted molar refractivity (Wildman–Crippen MR) is 188 cm³/mol. The molecule has 0 spiro atoms. The molecule has 2 heterocycles.